The molecule has 0 saturated heterocycles. The Bertz CT molecular complexity index is 249. The Kier molecular flexibility index (Phi) is 2.81. The number of nitrogens with one attached hydrogen (secondary N) is 1. The lowest BCUT2D eigenvalue weighted by Gasteiger charge is -2.21. The van der Waals surface area contributed by atoms with Gasteiger partial charge < -0.3 is 0 Å². The summed E-state index contributed by atoms with van der Waals surface area (Å²) in [7, 11) is -5.21. The summed E-state index contributed by atoms with van der Waals surface area (Å²) in [6, 6.07) is 0. The third kappa shape index (κ3) is 3.40. The first-order valence-electron chi connectivity index (χ1n) is 3.06. The van der Waals surface area contributed by atoms with Gasteiger partial charge in [-0.05, 0) is 20.8 Å². The van der Waals surface area contributed by atoms with E-state index in [2.05, 4.69) is 0 Å². The maximum Gasteiger partial charge on any atom is 0.511 e. The third-order valence-corrected chi connectivity index (χ3v) is 2.24. The van der Waals surface area contributed by atoms with Crippen molar-refractivity contribution in [1.29, 1.82) is 0 Å². The molecule has 0 unspecified atom stereocenters. The molecule has 0 spiro atoms. The summed E-state index contributed by atoms with van der Waals surface area (Å²) < 4.78 is 57.5. The van der Waals surface area contributed by atoms with Gasteiger partial charge in [0.1, 0.15) is 0 Å². The first kappa shape index (κ1) is 11.7. The van der Waals surface area contributed by atoms with Gasteiger partial charge >= 0.3 is 15.5 Å². The summed E-state index contributed by atoms with van der Waals surface area (Å²) in [4.78, 5) is 0. The first-order valence-corrected chi connectivity index (χ1v) is 4.54. The molecule has 0 aliphatic carbocycles. The van der Waals surface area contributed by atoms with E-state index in [4.69, 9.17) is 0 Å². The van der Waals surface area contributed by atoms with Crippen molar-refractivity contribution in [2.45, 2.75) is 31.8 Å². The van der Waals surface area contributed by atoms with E-state index in [9.17, 15) is 21.6 Å². The Morgan fingerprint density at radius 2 is 1.42 bits per heavy atom. The van der Waals surface area contributed by atoms with Gasteiger partial charge in [0.25, 0.3) is 0 Å². The van der Waals surface area contributed by atoms with Crippen LogP contribution >= 0.6 is 0 Å². The Balaban J connectivity index is 4.70. The zero-order valence-electron chi connectivity index (χ0n) is 6.86. The minimum Gasteiger partial charge on any atom is -0.203 e. The summed E-state index contributed by atoms with van der Waals surface area (Å²) >= 11 is 0. The molecule has 0 fully saturated rings. The molecule has 3 nitrogen and oxygen atoms in total. The molecule has 0 bridgehead atoms. The number of hydrogen-bond donors (Lipinski definition) is 1. The highest BCUT2D eigenvalue weighted by Crippen LogP contribution is 2.23. The van der Waals surface area contributed by atoms with Crippen LogP contribution < -0.4 is 4.72 Å². The molecule has 74 valence electrons. The summed E-state index contributed by atoms with van der Waals surface area (Å²) in [5.74, 6) is 0. The van der Waals surface area contributed by atoms with Gasteiger partial charge in [-0.1, -0.05) is 0 Å². The Hall–Kier alpha value is -0.300. The van der Waals surface area contributed by atoms with Crippen molar-refractivity contribution < 1.29 is 21.6 Å². The van der Waals surface area contributed by atoms with E-state index in [-0.39, 0.29) is 0 Å². The second kappa shape index (κ2) is 2.88. The molecular weight excluding hydrogens is 195 g/mol. The van der Waals surface area contributed by atoms with Crippen LogP contribution in [0.4, 0.5) is 13.2 Å². The predicted molar refractivity (Wildman–Crippen MR) is 37.9 cm³/mol. The largest absolute Gasteiger partial charge is 0.511 e. The van der Waals surface area contributed by atoms with Gasteiger partial charge in [0, 0.05) is 5.54 Å². The topological polar surface area (TPSA) is 46.2 Å². The molecule has 1 N–H and O–H groups in total. The van der Waals surface area contributed by atoms with Crippen molar-refractivity contribution in [2.24, 2.45) is 0 Å². The lowest BCUT2D eigenvalue weighted by molar-refractivity contribution is -0.0454. The Labute approximate surface area is 69.0 Å². The van der Waals surface area contributed by atoms with E-state index in [1.54, 1.807) is 0 Å². The highest BCUT2D eigenvalue weighted by molar-refractivity contribution is 7.90. The molecule has 0 heterocycles. The summed E-state index contributed by atoms with van der Waals surface area (Å²) in [5.41, 5.74) is -6.35. The zero-order valence-corrected chi connectivity index (χ0v) is 7.68. The van der Waals surface area contributed by atoms with Gasteiger partial charge in [-0.25, -0.2) is 13.1 Å². The van der Waals surface area contributed by atoms with Gasteiger partial charge in [-0.15, -0.1) is 0 Å². The standard InChI is InChI=1S/C5H10F3NO2S/c1-4(2,3)9-12(10,11)5(6,7)8/h9H,1-3H3. The average Bonchev–Trinajstić information content (AvgIpc) is 1.52. The molecule has 0 amide bonds. The molecule has 0 aliphatic rings. The van der Waals surface area contributed by atoms with Crippen molar-refractivity contribution >= 4 is 10.0 Å². The normalized spacial score (nSPS) is 14.8. The molecule has 0 aromatic heterocycles. The second-order valence-corrected chi connectivity index (χ2v) is 4.98. The molecule has 0 aliphatic heterocycles. The van der Waals surface area contributed by atoms with Crippen molar-refractivity contribution in [2.75, 3.05) is 0 Å². The summed E-state index contributed by atoms with van der Waals surface area (Å²) in [5, 5.41) is 0. The van der Waals surface area contributed by atoms with Gasteiger partial charge in [0.2, 0.25) is 0 Å². The van der Waals surface area contributed by atoms with Crippen LogP contribution in [0.5, 0.6) is 0 Å². The van der Waals surface area contributed by atoms with Crippen LogP contribution in [0.3, 0.4) is 0 Å². The quantitative estimate of drug-likeness (QED) is 0.699. The number of rotatable bonds is 1. The molecule has 0 aromatic rings. The van der Waals surface area contributed by atoms with E-state index >= 15 is 0 Å². The highest BCUT2D eigenvalue weighted by atomic mass is 32.2. The Morgan fingerprint density at radius 1 is 1.08 bits per heavy atom. The first-order chi connectivity index (χ1) is 4.96. The van der Waals surface area contributed by atoms with E-state index < -0.39 is 21.1 Å². The zero-order chi connectivity index (χ0) is 10.2. The molecule has 0 saturated carbocycles. The number of sulfonamides is 1. The fourth-order valence-corrected chi connectivity index (χ4v) is 1.38. The molecular formula is C5H10F3NO2S. The number of alkyl halides is 3. The van der Waals surface area contributed by atoms with Crippen LogP contribution in [0.1, 0.15) is 20.8 Å². The van der Waals surface area contributed by atoms with E-state index in [0.717, 1.165) is 0 Å². The molecule has 12 heavy (non-hydrogen) atoms. The molecule has 7 heteroatoms. The summed E-state index contributed by atoms with van der Waals surface area (Å²) in [6.07, 6.45) is 0. The predicted octanol–water partition coefficient (Wildman–Crippen LogP) is 1.22. The second-order valence-electron chi connectivity index (χ2n) is 3.30. The Morgan fingerprint density at radius 3 is 1.50 bits per heavy atom. The number of halogens is 3. The minimum atomic E-state index is -5.24. The van der Waals surface area contributed by atoms with Crippen LogP contribution in [0.25, 0.3) is 0 Å². The highest BCUT2D eigenvalue weighted by Gasteiger charge is 2.47. The third-order valence-electron chi connectivity index (χ3n) is 0.745. The van der Waals surface area contributed by atoms with Crippen molar-refractivity contribution in [3.05, 3.63) is 0 Å². The van der Waals surface area contributed by atoms with Crippen molar-refractivity contribution in [1.82, 2.24) is 4.72 Å². The van der Waals surface area contributed by atoms with Crippen molar-refractivity contribution in [3.63, 3.8) is 0 Å². The van der Waals surface area contributed by atoms with Crippen LogP contribution in [0.15, 0.2) is 0 Å². The van der Waals surface area contributed by atoms with Crippen LogP contribution in [-0.2, 0) is 10.0 Å². The lowest BCUT2D eigenvalue weighted by atomic mass is 10.1. The molecule has 0 radical (unpaired) electrons. The fraction of sp³-hybridized carbons (Fsp3) is 1.00. The monoisotopic (exact) mass is 205 g/mol. The van der Waals surface area contributed by atoms with Gasteiger partial charge in [0.05, 0.1) is 0 Å². The van der Waals surface area contributed by atoms with Crippen LogP contribution in [0.2, 0.25) is 0 Å². The smallest absolute Gasteiger partial charge is 0.203 e. The molecule has 0 atom stereocenters. The SMILES string of the molecule is CC(C)(C)NS(=O)(=O)C(F)(F)F. The van der Waals surface area contributed by atoms with Gasteiger partial charge in [-0.2, -0.15) is 13.2 Å². The molecule has 0 aromatic carbocycles. The average molecular weight is 205 g/mol. The van der Waals surface area contributed by atoms with E-state index in [1.165, 1.54) is 25.5 Å². The van der Waals surface area contributed by atoms with Gasteiger partial charge in [0.15, 0.2) is 0 Å². The lowest BCUT2D eigenvalue weighted by Crippen LogP contribution is -2.46. The van der Waals surface area contributed by atoms with Crippen LogP contribution in [0, 0.1) is 0 Å². The maximum absolute atomic E-state index is 11.7. The summed E-state index contributed by atoms with van der Waals surface area (Å²) in [6.45, 7) is 3.99. The van der Waals surface area contributed by atoms with E-state index in [1.807, 2.05) is 0 Å². The van der Waals surface area contributed by atoms with Crippen molar-refractivity contribution in [3.8, 4) is 0 Å². The minimum absolute atomic E-state index is 1.12. The van der Waals surface area contributed by atoms with Crippen LogP contribution in [-0.4, -0.2) is 19.5 Å². The maximum atomic E-state index is 11.7. The van der Waals surface area contributed by atoms with E-state index in [0.29, 0.717) is 0 Å². The molecule has 0 rings (SSSR count). The fourth-order valence-electron chi connectivity index (χ4n) is 0.461. The van der Waals surface area contributed by atoms with Gasteiger partial charge in [-0.3, -0.25) is 0 Å². The number of hydrogen-bond acceptors (Lipinski definition) is 2.